The lowest BCUT2D eigenvalue weighted by atomic mass is 9.93. The van der Waals surface area contributed by atoms with Crippen LogP contribution in [-0.2, 0) is 0 Å². The lowest BCUT2D eigenvalue weighted by Crippen LogP contribution is -2.23. The Hall–Kier alpha value is -0.640. The molecule has 2 aromatic rings. The Labute approximate surface area is 128 Å². The quantitative estimate of drug-likeness (QED) is 0.814. The number of nitrogens with one attached hydrogen (secondary N) is 1. The van der Waals surface area contributed by atoms with Gasteiger partial charge in [0.2, 0.25) is 0 Å². The lowest BCUT2D eigenvalue weighted by molar-refractivity contribution is 0.626. The van der Waals surface area contributed by atoms with Crippen molar-refractivity contribution < 1.29 is 0 Å². The second-order valence-corrected chi connectivity index (χ2v) is 6.56. The Balaban J connectivity index is 2.51. The maximum absolute atomic E-state index is 3.62. The molecular formula is C16H20BrNS. The maximum Gasteiger partial charge on any atom is 0.0590 e. The molecule has 0 radical (unpaired) electrons. The summed E-state index contributed by atoms with van der Waals surface area (Å²) in [5.74, 6) is 0. The summed E-state index contributed by atoms with van der Waals surface area (Å²) in [6.07, 6.45) is 0. The summed E-state index contributed by atoms with van der Waals surface area (Å²) in [5.41, 5.74) is 6.77. The van der Waals surface area contributed by atoms with Crippen molar-refractivity contribution in [2.75, 3.05) is 6.54 Å². The minimum atomic E-state index is 0.294. The van der Waals surface area contributed by atoms with Gasteiger partial charge in [0.15, 0.2) is 0 Å². The van der Waals surface area contributed by atoms with Crippen LogP contribution in [0.3, 0.4) is 0 Å². The zero-order valence-corrected chi connectivity index (χ0v) is 14.3. The third-order valence-corrected chi connectivity index (χ3v) is 5.21. The summed E-state index contributed by atoms with van der Waals surface area (Å²) in [4.78, 5) is 0. The van der Waals surface area contributed by atoms with Crippen molar-refractivity contribution in [3.05, 3.63) is 55.2 Å². The number of rotatable bonds is 4. The van der Waals surface area contributed by atoms with Gasteiger partial charge in [-0.05, 0) is 72.0 Å². The highest BCUT2D eigenvalue weighted by Crippen LogP contribution is 2.32. The predicted molar refractivity (Wildman–Crippen MR) is 88.2 cm³/mol. The van der Waals surface area contributed by atoms with Crippen molar-refractivity contribution in [1.82, 2.24) is 5.32 Å². The Morgan fingerprint density at radius 2 is 1.79 bits per heavy atom. The van der Waals surface area contributed by atoms with Gasteiger partial charge in [0.1, 0.15) is 0 Å². The normalized spacial score (nSPS) is 12.7. The van der Waals surface area contributed by atoms with E-state index in [1.807, 2.05) is 0 Å². The SMILES string of the molecule is CCNC(c1cscc1C)c1cc(C)c(Br)cc1C. The molecule has 1 N–H and O–H groups in total. The first kappa shape index (κ1) is 14.8. The fraction of sp³-hybridized carbons (Fsp3) is 0.375. The van der Waals surface area contributed by atoms with Crippen LogP contribution in [0.2, 0.25) is 0 Å². The smallest absolute Gasteiger partial charge is 0.0590 e. The topological polar surface area (TPSA) is 12.0 Å². The Kier molecular flexibility index (Phi) is 4.82. The lowest BCUT2D eigenvalue weighted by Gasteiger charge is -2.22. The van der Waals surface area contributed by atoms with Crippen LogP contribution in [-0.4, -0.2) is 6.54 Å². The molecule has 0 aliphatic heterocycles. The first-order valence-electron chi connectivity index (χ1n) is 6.57. The monoisotopic (exact) mass is 337 g/mol. The molecule has 1 heterocycles. The molecule has 1 aromatic heterocycles. The van der Waals surface area contributed by atoms with E-state index in [0.29, 0.717) is 6.04 Å². The van der Waals surface area contributed by atoms with Crippen LogP contribution in [0, 0.1) is 20.8 Å². The van der Waals surface area contributed by atoms with Crippen molar-refractivity contribution in [3.63, 3.8) is 0 Å². The van der Waals surface area contributed by atoms with Gasteiger partial charge in [0, 0.05) is 4.47 Å². The van der Waals surface area contributed by atoms with Crippen LogP contribution in [0.25, 0.3) is 0 Å². The summed E-state index contributed by atoms with van der Waals surface area (Å²) in [7, 11) is 0. The molecule has 1 atom stereocenters. The van der Waals surface area contributed by atoms with Gasteiger partial charge in [0.25, 0.3) is 0 Å². The molecule has 0 spiro atoms. The zero-order chi connectivity index (χ0) is 14.0. The largest absolute Gasteiger partial charge is 0.306 e. The third-order valence-electron chi connectivity index (χ3n) is 3.47. The highest BCUT2D eigenvalue weighted by atomic mass is 79.9. The van der Waals surface area contributed by atoms with Crippen LogP contribution in [0.5, 0.6) is 0 Å². The van der Waals surface area contributed by atoms with Gasteiger partial charge in [-0.2, -0.15) is 11.3 Å². The maximum atomic E-state index is 3.62. The number of hydrogen-bond donors (Lipinski definition) is 1. The standard InChI is InChI=1S/C16H20BrNS/c1-5-18-16(14-9-19-8-12(14)4)13-6-11(3)15(17)7-10(13)2/h6-9,16,18H,5H2,1-4H3. The number of benzene rings is 1. The van der Waals surface area contributed by atoms with E-state index < -0.39 is 0 Å². The molecule has 0 fully saturated rings. The highest BCUT2D eigenvalue weighted by Gasteiger charge is 2.18. The van der Waals surface area contributed by atoms with E-state index in [1.165, 1.54) is 32.3 Å². The second kappa shape index (κ2) is 6.21. The molecule has 0 saturated heterocycles. The summed E-state index contributed by atoms with van der Waals surface area (Å²) in [5, 5.41) is 8.11. The molecule has 3 heteroatoms. The number of aryl methyl sites for hydroxylation is 3. The van der Waals surface area contributed by atoms with E-state index in [1.54, 1.807) is 11.3 Å². The van der Waals surface area contributed by atoms with Crippen LogP contribution < -0.4 is 5.32 Å². The zero-order valence-electron chi connectivity index (χ0n) is 11.9. The number of halogens is 1. The highest BCUT2D eigenvalue weighted by molar-refractivity contribution is 9.10. The molecule has 0 aliphatic rings. The molecule has 0 bridgehead atoms. The first-order valence-corrected chi connectivity index (χ1v) is 8.30. The predicted octanol–water partition coefficient (Wildman–Crippen LogP) is 5.13. The Bertz CT molecular complexity index is 574. The van der Waals surface area contributed by atoms with Gasteiger partial charge in [0.05, 0.1) is 6.04 Å². The summed E-state index contributed by atoms with van der Waals surface area (Å²) < 4.78 is 1.19. The fourth-order valence-corrected chi connectivity index (χ4v) is 3.71. The summed E-state index contributed by atoms with van der Waals surface area (Å²) in [6.45, 7) is 9.66. The van der Waals surface area contributed by atoms with Crippen molar-refractivity contribution in [2.45, 2.75) is 33.7 Å². The van der Waals surface area contributed by atoms with Crippen molar-refractivity contribution in [3.8, 4) is 0 Å². The third kappa shape index (κ3) is 3.10. The fourth-order valence-electron chi connectivity index (χ4n) is 2.37. The Morgan fingerprint density at radius 3 is 2.37 bits per heavy atom. The molecule has 1 unspecified atom stereocenters. The molecule has 1 nitrogen and oxygen atoms in total. The molecule has 0 aliphatic carbocycles. The van der Waals surface area contributed by atoms with E-state index >= 15 is 0 Å². The second-order valence-electron chi connectivity index (χ2n) is 4.96. The van der Waals surface area contributed by atoms with E-state index in [9.17, 15) is 0 Å². The van der Waals surface area contributed by atoms with Gasteiger partial charge in [-0.15, -0.1) is 0 Å². The first-order chi connectivity index (χ1) is 9.04. The molecule has 0 saturated carbocycles. The number of thiophene rings is 1. The van der Waals surface area contributed by atoms with Gasteiger partial charge in [-0.25, -0.2) is 0 Å². The van der Waals surface area contributed by atoms with E-state index in [4.69, 9.17) is 0 Å². The summed E-state index contributed by atoms with van der Waals surface area (Å²) in [6, 6.07) is 4.81. The minimum Gasteiger partial charge on any atom is -0.306 e. The number of hydrogen-bond acceptors (Lipinski definition) is 2. The van der Waals surface area contributed by atoms with Crippen molar-refractivity contribution in [1.29, 1.82) is 0 Å². The molecule has 102 valence electrons. The van der Waals surface area contributed by atoms with Crippen molar-refractivity contribution >= 4 is 27.3 Å². The van der Waals surface area contributed by atoms with Gasteiger partial charge < -0.3 is 5.32 Å². The van der Waals surface area contributed by atoms with Gasteiger partial charge >= 0.3 is 0 Å². The van der Waals surface area contributed by atoms with E-state index in [-0.39, 0.29) is 0 Å². The molecular weight excluding hydrogens is 318 g/mol. The minimum absolute atomic E-state index is 0.294. The van der Waals surface area contributed by atoms with Crippen LogP contribution in [0.15, 0.2) is 27.4 Å². The average molecular weight is 338 g/mol. The Morgan fingerprint density at radius 1 is 1.05 bits per heavy atom. The van der Waals surface area contributed by atoms with Crippen molar-refractivity contribution in [2.24, 2.45) is 0 Å². The van der Waals surface area contributed by atoms with Crippen LogP contribution in [0.1, 0.15) is 40.8 Å². The van der Waals surface area contributed by atoms with E-state index in [0.717, 1.165) is 6.54 Å². The van der Waals surface area contributed by atoms with Gasteiger partial charge in [-0.1, -0.05) is 28.9 Å². The van der Waals surface area contributed by atoms with Crippen LogP contribution in [0.4, 0.5) is 0 Å². The molecule has 1 aromatic carbocycles. The average Bonchev–Trinajstić information content (AvgIpc) is 2.77. The van der Waals surface area contributed by atoms with E-state index in [2.05, 4.69) is 71.8 Å². The van der Waals surface area contributed by atoms with Gasteiger partial charge in [-0.3, -0.25) is 0 Å². The van der Waals surface area contributed by atoms with Crippen LogP contribution >= 0.6 is 27.3 Å². The summed E-state index contributed by atoms with van der Waals surface area (Å²) >= 11 is 5.39. The molecule has 19 heavy (non-hydrogen) atoms. The molecule has 0 amide bonds. The molecule has 2 rings (SSSR count).